The Morgan fingerprint density at radius 2 is 2.08 bits per heavy atom. The molecular formula is C19H21N5OS. The molecule has 0 bridgehead atoms. The van der Waals surface area contributed by atoms with Gasteiger partial charge in [0.2, 0.25) is 0 Å². The van der Waals surface area contributed by atoms with Gasteiger partial charge < -0.3 is 10.6 Å². The van der Waals surface area contributed by atoms with E-state index >= 15 is 0 Å². The maximum absolute atomic E-state index is 12.7. The van der Waals surface area contributed by atoms with E-state index in [1.54, 1.807) is 40.7 Å². The quantitative estimate of drug-likeness (QED) is 0.703. The lowest BCUT2D eigenvalue weighted by atomic mass is 9.97. The summed E-state index contributed by atoms with van der Waals surface area (Å²) >= 11 is 1.70. The zero-order valence-electron chi connectivity index (χ0n) is 14.3. The van der Waals surface area contributed by atoms with Gasteiger partial charge in [-0.3, -0.25) is 0 Å². The number of urea groups is 1. The fourth-order valence-corrected chi connectivity index (χ4v) is 4.42. The molecule has 1 atom stereocenters. The minimum absolute atomic E-state index is 0.0577. The van der Waals surface area contributed by atoms with Gasteiger partial charge in [-0.25, -0.2) is 14.5 Å². The Balaban J connectivity index is 1.51. The Hall–Kier alpha value is -2.67. The van der Waals surface area contributed by atoms with Crippen LogP contribution in [0.3, 0.4) is 0 Å². The molecule has 0 saturated heterocycles. The maximum atomic E-state index is 12.7. The number of nitrogens with one attached hydrogen (secondary N) is 2. The molecule has 3 aromatic rings. The monoisotopic (exact) mass is 367 g/mol. The predicted molar refractivity (Wildman–Crippen MR) is 103 cm³/mol. The highest BCUT2D eigenvalue weighted by atomic mass is 32.1. The summed E-state index contributed by atoms with van der Waals surface area (Å²) in [6.45, 7) is 0. The highest BCUT2D eigenvalue weighted by Crippen LogP contribution is 2.37. The minimum Gasteiger partial charge on any atom is -0.330 e. The molecule has 2 N–H and O–H groups in total. The van der Waals surface area contributed by atoms with Gasteiger partial charge in [0.15, 0.2) is 5.82 Å². The van der Waals surface area contributed by atoms with Crippen LogP contribution >= 0.6 is 11.3 Å². The summed E-state index contributed by atoms with van der Waals surface area (Å²) in [6.07, 6.45) is 9.98. The van der Waals surface area contributed by atoms with Crippen LogP contribution in [0.5, 0.6) is 0 Å². The summed E-state index contributed by atoms with van der Waals surface area (Å²) in [7, 11) is 0. The van der Waals surface area contributed by atoms with E-state index in [0.29, 0.717) is 17.4 Å². The summed E-state index contributed by atoms with van der Waals surface area (Å²) in [5.41, 5.74) is 0.630. The zero-order chi connectivity index (χ0) is 17.8. The largest absolute Gasteiger partial charge is 0.330 e. The van der Waals surface area contributed by atoms with Crippen molar-refractivity contribution in [3.05, 3.63) is 59.2 Å². The van der Waals surface area contributed by atoms with Crippen LogP contribution in [0.4, 0.5) is 10.5 Å². The Bertz CT molecular complexity index is 841. The van der Waals surface area contributed by atoms with E-state index in [9.17, 15) is 4.79 Å². The van der Waals surface area contributed by atoms with E-state index in [4.69, 9.17) is 0 Å². The third-order valence-electron chi connectivity index (χ3n) is 4.76. The molecule has 26 heavy (non-hydrogen) atoms. The molecule has 0 radical (unpaired) electrons. The first kappa shape index (κ1) is 16.8. The van der Waals surface area contributed by atoms with E-state index in [2.05, 4.69) is 32.2 Å². The van der Waals surface area contributed by atoms with E-state index in [1.807, 2.05) is 18.2 Å². The van der Waals surface area contributed by atoms with E-state index in [-0.39, 0.29) is 12.1 Å². The number of anilines is 1. The van der Waals surface area contributed by atoms with Crippen LogP contribution < -0.4 is 10.6 Å². The van der Waals surface area contributed by atoms with Crippen molar-refractivity contribution in [1.29, 1.82) is 0 Å². The summed E-state index contributed by atoms with van der Waals surface area (Å²) in [5, 5.41) is 12.4. The molecule has 0 spiro atoms. The molecular weight excluding hydrogens is 346 g/mol. The number of carbonyl (C=O) groups excluding carboxylic acids is 1. The van der Waals surface area contributed by atoms with Gasteiger partial charge in [-0.15, -0.1) is 11.3 Å². The van der Waals surface area contributed by atoms with E-state index in [1.165, 1.54) is 17.7 Å². The molecule has 1 aliphatic rings. The zero-order valence-corrected chi connectivity index (χ0v) is 15.2. The summed E-state index contributed by atoms with van der Waals surface area (Å²) in [4.78, 5) is 18.3. The standard InChI is InChI=1S/C19H21N5OS/c25-19(22-15-8-3-10-20-18(15)24-12-5-11-21-24)23-17(14-6-1-2-7-14)16-9-4-13-26-16/h3-5,8-14,17H,1-2,6-7H2,(H2,22,23,25)/t17-/m0/s1. The molecule has 0 aromatic carbocycles. The van der Waals surface area contributed by atoms with Crippen molar-refractivity contribution in [2.45, 2.75) is 31.7 Å². The van der Waals surface area contributed by atoms with Gasteiger partial charge in [0.1, 0.15) is 0 Å². The number of aromatic nitrogens is 3. The van der Waals surface area contributed by atoms with Crippen LogP contribution in [-0.4, -0.2) is 20.8 Å². The molecule has 134 valence electrons. The Morgan fingerprint density at radius 3 is 2.81 bits per heavy atom. The fraction of sp³-hybridized carbons (Fsp3) is 0.316. The van der Waals surface area contributed by atoms with E-state index in [0.717, 1.165) is 12.8 Å². The van der Waals surface area contributed by atoms with Crippen molar-refractivity contribution < 1.29 is 4.79 Å². The summed E-state index contributed by atoms with van der Waals surface area (Å²) < 4.78 is 1.64. The smallest absolute Gasteiger partial charge is 0.319 e. The van der Waals surface area contributed by atoms with Crippen LogP contribution in [0.25, 0.3) is 5.82 Å². The molecule has 0 unspecified atom stereocenters. The van der Waals surface area contributed by atoms with Crippen molar-refractivity contribution in [1.82, 2.24) is 20.1 Å². The molecule has 7 heteroatoms. The first-order valence-electron chi connectivity index (χ1n) is 8.87. The third kappa shape index (κ3) is 3.62. The van der Waals surface area contributed by atoms with Gasteiger partial charge >= 0.3 is 6.03 Å². The van der Waals surface area contributed by atoms with Gasteiger partial charge in [-0.05, 0) is 48.4 Å². The highest BCUT2D eigenvalue weighted by Gasteiger charge is 2.28. The van der Waals surface area contributed by atoms with Crippen LogP contribution in [0.1, 0.15) is 36.6 Å². The normalized spacial score (nSPS) is 15.7. The molecule has 2 amide bonds. The van der Waals surface area contributed by atoms with Gasteiger partial charge in [-0.2, -0.15) is 5.10 Å². The Labute approximate surface area is 156 Å². The highest BCUT2D eigenvalue weighted by molar-refractivity contribution is 7.10. The van der Waals surface area contributed by atoms with Crippen molar-refractivity contribution in [2.24, 2.45) is 5.92 Å². The maximum Gasteiger partial charge on any atom is 0.319 e. The average Bonchev–Trinajstić information content (AvgIpc) is 3.44. The average molecular weight is 367 g/mol. The van der Waals surface area contributed by atoms with Crippen LogP contribution in [0.15, 0.2) is 54.3 Å². The molecule has 3 heterocycles. The molecule has 6 nitrogen and oxygen atoms in total. The first-order valence-corrected chi connectivity index (χ1v) is 9.75. The number of thiophene rings is 1. The van der Waals surface area contributed by atoms with Gasteiger partial charge in [-0.1, -0.05) is 18.9 Å². The Morgan fingerprint density at radius 1 is 1.19 bits per heavy atom. The second-order valence-corrected chi connectivity index (χ2v) is 7.44. The number of amides is 2. The molecule has 0 aliphatic heterocycles. The lowest BCUT2D eigenvalue weighted by Gasteiger charge is -2.24. The molecule has 1 fully saturated rings. The lowest BCUT2D eigenvalue weighted by Crippen LogP contribution is -2.35. The van der Waals surface area contributed by atoms with E-state index < -0.39 is 0 Å². The lowest BCUT2D eigenvalue weighted by molar-refractivity contribution is 0.243. The number of carbonyl (C=O) groups is 1. The number of hydrogen-bond acceptors (Lipinski definition) is 4. The van der Waals surface area contributed by atoms with Crippen molar-refractivity contribution >= 4 is 23.1 Å². The van der Waals surface area contributed by atoms with Crippen LogP contribution in [0.2, 0.25) is 0 Å². The minimum atomic E-state index is -0.211. The SMILES string of the molecule is O=C(Nc1cccnc1-n1cccn1)N[C@H](c1cccs1)C1CCCC1. The Kier molecular flexibility index (Phi) is 4.97. The van der Waals surface area contributed by atoms with Crippen LogP contribution in [0, 0.1) is 5.92 Å². The molecule has 4 rings (SSSR count). The summed E-state index contributed by atoms with van der Waals surface area (Å²) in [6, 6.07) is 9.45. The number of hydrogen-bond donors (Lipinski definition) is 2. The third-order valence-corrected chi connectivity index (χ3v) is 5.72. The number of nitrogens with zero attached hydrogens (tertiary/aromatic N) is 3. The first-order chi connectivity index (χ1) is 12.8. The molecule has 1 aliphatic carbocycles. The summed E-state index contributed by atoms with van der Waals surface area (Å²) in [5.74, 6) is 1.10. The molecule has 1 saturated carbocycles. The number of rotatable bonds is 5. The molecule has 3 aromatic heterocycles. The second kappa shape index (κ2) is 7.70. The second-order valence-electron chi connectivity index (χ2n) is 6.46. The van der Waals surface area contributed by atoms with Crippen molar-refractivity contribution in [3.8, 4) is 5.82 Å². The van der Waals surface area contributed by atoms with Crippen LogP contribution in [-0.2, 0) is 0 Å². The fourth-order valence-electron chi connectivity index (χ4n) is 3.55. The predicted octanol–water partition coefficient (Wildman–Crippen LogP) is 4.38. The topological polar surface area (TPSA) is 71.8 Å². The van der Waals surface area contributed by atoms with Crippen molar-refractivity contribution in [2.75, 3.05) is 5.32 Å². The van der Waals surface area contributed by atoms with Crippen molar-refractivity contribution in [3.63, 3.8) is 0 Å². The number of pyridine rings is 1. The van der Waals surface area contributed by atoms with Gasteiger partial charge in [0, 0.05) is 23.5 Å². The van der Waals surface area contributed by atoms with Gasteiger partial charge in [0.25, 0.3) is 0 Å². The van der Waals surface area contributed by atoms with Gasteiger partial charge in [0.05, 0.1) is 11.7 Å².